The summed E-state index contributed by atoms with van der Waals surface area (Å²) in [6, 6.07) is 0.312. The molecule has 1 aromatic heterocycles. The van der Waals surface area contributed by atoms with Gasteiger partial charge >= 0.3 is 5.82 Å². The maximum absolute atomic E-state index is 10.7. The third kappa shape index (κ3) is 1.67. The largest absolute Gasteiger partial charge is 0.406 e. The predicted molar refractivity (Wildman–Crippen MR) is 55.7 cm³/mol. The van der Waals surface area contributed by atoms with E-state index in [9.17, 15) is 10.1 Å². The van der Waals surface area contributed by atoms with Crippen LogP contribution in [0.3, 0.4) is 0 Å². The van der Waals surface area contributed by atoms with Gasteiger partial charge in [-0.15, -0.1) is 0 Å². The lowest BCUT2D eigenvalue weighted by molar-refractivity contribution is -0.388. The first kappa shape index (κ1) is 9.95. The zero-order valence-corrected chi connectivity index (χ0v) is 9.02. The third-order valence-corrected chi connectivity index (χ3v) is 2.92. The van der Waals surface area contributed by atoms with Crippen LogP contribution in [0.5, 0.6) is 0 Å². The van der Waals surface area contributed by atoms with Crippen molar-refractivity contribution in [2.24, 2.45) is 12.5 Å². The topological polar surface area (TPSA) is 73.0 Å². The van der Waals surface area contributed by atoms with Crippen molar-refractivity contribution in [2.75, 3.05) is 5.32 Å². The van der Waals surface area contributed by atoms with Crippen molar-refractivity contribution in [3.63, 3.8) is 0 Å². The van der Waals surface area contributed by atoms with Crippen LogP contribution in [0.25, 0.3) is 0 Å². The first-order valence-corrected chi connectivity index (χ1v) is 4.84. The fourth-order valence-electron chi connectivity index (χ4n) is 1.60. The minimum Gasteiger partial charge on any atom is -0.361 e. The molecule has 1 saturated carbocycles. The average Bonchev–Trinajstić information content (AvgIpc) is 2.53. The molecule has 0 amide bonds. The summed E-state index contributed by atoms with van der Waals surface area (Å²) in [6.45, 7) is 4.26. The average molecular weight is 210 g/mol. The van der Waals surface area contributed by atoms with Crippen LogP contribution in [0, 0.1) is 15.5 Å². The molecule has 1 heterocycles. The number of hydrogen-bond acceptors (Lipinski definition) is 4. The van der Waals surface area contributed by atoms with E-state index in [0.717, 1.165) is 6.42 Å². The summed E-state index contributed by atoms with van der Waals surface area (Å²) in [5.74, 6) is 0.399. The Hall–Kier alpha value is -1.59. The van der Waals surface area contributed by atoms with Gasteiger partial charge in [-0.1, -0.05) is 13.8 Å². The van der Waals surface area contributed by atoms with Gasteiger partial charge in [0.05, 0.1) is 0 Å². The minimum atomic E-state index is -0.461. The van der Waals surface area contributed by atoms with Crippen LogP contribution in [-0.4, -0.2) is 20.5 Å². The number of nitrogens with zero attached hydrogens (tertiary/aromatic N) is 3. The van der Waals surface area contributed by atoms with Gasteiger partial charge in [-0.05, 0) is 21.7 Å². The lowest BCUT2D eigenvalue weighted by Crippen LogP contribution is -2.12. The van der Waals surface area contributed by atoms with Crippen molar-refractivity contribution in [3.05, 3.63) is 16.4 Å². The van der Waals surface area contributed by atoms with Crippen LogP contribution < -0.4 is 5.32 Å². The molecule has 1 atom stereocenters. The molecule has 1 unspecified atom stereocenters. The summed E-state index contributed by atoms with van der Waals surface area (Å²) in [5.41, 5.74) is 0.234. The minimum absolute atomic E-state index is 0.0970. The molecular formula is C9H14N4O2. The number of nitro groups is 1. The quantitative estimate of drug-likeness (QED) is 0.606. The van der Waals surface area contributed by atoms with E-state index < -0.39 is 4.92 Å². The molecule has 1 aromatic rings. The van der Waals surface area contributed by atoms with E-state index in [2.05, 4.69) is 24.1 Å². The van der Waals surface area contributed by atoms with Crippen LogP contribution in [0.15, 0.2) is 6.33 Å². The Kier molecular flexibility index (Phi) is 1.95. The number of aromatic nitrogens is 2. The second kappa shape index (κ2) is 2.95. The molecule has 1 aliphatic carbocycles. The molecule has 0 aromatic carbocycles. The van der Waals surface area contributed by atoms with Gasteiger partial charge in [0.25, 0.3) is 0 Å². The molecule has 0 radical (unpaired) electrons. The number of nitrogens with one attached hydrogen (secondary N) is 1. The lowest BCUT2D eigenvalue weighted by atomic mass is 10.2. The summed E-state index contributed by atoms with van der Waals surface area (Å²) < 4.78 is 1.65. The summed E-state index contributed by atoms with van der Waals surface area (Å²) in [6.07, 6.45) is 2.49. The summed E-state index contributed by atoms with van der Waals surface area (Å²) in [5, 5.41) is 13.9. The molecule has 15 heavy (non-hydrogen) atoms. The highest BCUT2D eigenvalue weighted by Crippen LogP contribution is 2.47. The third-order valence-electron chi connectivity index (χ3n) is 2.92. The molecule has 1 fully saturated rings. The SMILES string of the molecule is Cn1cnc([N+](=O)[O-])c1NC1CC1(C)C. The Labute approximate surface area is 87.5 Å². The molecule has 0 bridgehead atoms. The van der Waals surface area contributed by atoms with E-state index in [1.54, 1.807) is 11.6 Å². The zero-order valence-electron chi connectivity index (χ0n) is 9.02. The first-order chi connectivity index (χ1) is 6.92. The molecular weight excluding hydrogens is 196 g/mol. The normalized spacial score (nSPS) is 22.5. The van der Waals surface area contributed by atoms with Gasteiger partial charge in [-0.3, -0.25) is 4.57 Å². The zero-order chi connectivity index (χ0) is 11.2. The number of aryl methyl sites for hydroxylation is 1. The Morgan fingerprint density at radius 1 is 1.73 bits per heavy atom. The van der Waals surface area contributed by atoms with Crippen LogP contribution in [0.1, 0.15) is 20.3 Å². The lowest BCUT2D eigenvalue weighted by Gasteiger charge is -2.07. The number of imidazole rings is 1. The Bertz CT molecular complexity index is 410. The van der Waals surface area contributed by atoms with Crippen molar-refractivity contribution in [3.8, 4) is 0 Å². The second-order valence-electron chi connectivity index (χ2n) is 4.67. The first-order valence-electron chi connectivity index (χ1n) is 4.84. The fraction of sp³-hybridized carbons (Fsp3) is 0.667. The van der Waals surface area contributed by atoms with Crippen LogP contribution in [0.2, 0.25) is 0 Å². The van der Waals surface area contributed by atoms with Gasteiger partial charge in [-0.2, -0.15) is 0 Å². The Balaban J connectivity index is 2.20. The monoisotopic (exact) mass is 210 g/mol. The highest BCUT2D eigenvalue weighted by Gasteiger charge is 2.47. The molecule has 82 valence electrons. The standard InChI is InChI=1S/C9H14N4O2/c1-9(2)4-6(9)11-8-7(13(14)15)10-5-12(8)3/h5-6,11H,4H2,1-3H3. The molecule has 0 aliphatic heterocycles. The van der Waals surface area contributed by atoms with Gasteiger partial charge in [0, 0.05) is 13.1 Å². The van der Waals surface area contributed by atoms with Gasteiger partial charge in [0.1, 0.15) is 0 Å². The number of hydrogen-bond donors (Lipinski definition) is 1. The molecule has 6 nitrogen and oxygen atoms in total. The van der Waals surface area contributed by atoms with Crippen LogP contribution in [0.4, 0.5) is 11.6 Å². The van der Waals surface area contributed by atoms with Gasteiger partial charge in [-0.25, -0.2) is 0 Å². The molecule has 1 aliphatic rings. The summed E-state index contributed by atoms with van der Waals surface area (Å²) in [7, 11) is 1.75. The van der Waals surface area contributed by atoms with Crippen molar-refractivity contribution in [1.82, 2.24) is 9.55 Å². The second-order valence-corrected chi connectivity index (χ2v) is 4.67. The van der Waals surface area contributed by atoms with Crippen molar-refractivity contribution in [1.29, 1.82) is 0 Å². The highest BCUT2D eigenvalue weighted by molar-refractivity contribution is 5.54. The van der Waals surface area contributed by atoms with E-state index in [1.165, 1.54) is 6.33 Å². The number of rotatable bonds is 3. The van der Waals surface area contributed by atoms with Gasteiger partial charge in [0.15, 0.2) is 0 Å². The molecule has 0 saturated heterocycles. The van der Waals surface area contributed by atoms with E-state index in [0.29, 0.717) is 11.9 Å². The van der Waals surface area contributed by atoms with Crippen molar-refractivity contribution >= 4 is 11.6 Å². The maximum atomic E-state index is 10.7. The summed E-state index contributed by atoms with van der Waals surface area (Å²) >= 11 is 0. The van der Waals surface area contributed by atoms with Crippen molar-refractivity contribution in [2.45, 2.75) is 26.3 Å². The van der Waals surface area contributed by atoms with Crippen molar-refractivity contribution < 1.29 is 4.92 Å². The highest BCUT2D eigenvalue weighted by atomic mass is 16.6. The molecule has 1 N–H and O–H groups in total. The maximum Gasteiger partial charge on any atom is 0.406 e. The fourth-order valence-corrected chi connectivity index (χ4v) is 1.60. The van der Waals surface area contributed by atoms with Crippen LogP contribution >= 0.6 is 0 Å². The molecule has 0 spiro atoms. The number of anilines is 1. The molecule has 6 heteroatoms. The Morgan fingerprint density at radius 2 is 2.33 bits per heavy atom. The van der Waals surface area contributed by atoms with E-state index in [1.807, 2.05) is 0 Å². The van der Waals surface area contributed by atoms with Gasteiger partial charge < -0.3 is 15.4 Å². The van der Waals surface area contributed by atoms with E-state index in [4.69, 9.17) is 0 Å². The molecule has 2 rings (SSSR count). The van der Waals surface area contributed by atoms with Gasteiger partial charge in [0.2, 0.25) is 12.1 Å². The van der Waals surface area contributed by atoms with E-state index >= 15 is 0 Å². The van der Waals surface area contributed by atoms with Crippen LogP contribution in [-0.2, 0) is 7.05 Å². The Morgan fingerprint density at radius 3 is 2.80 bits per heavy atom. The predicted octanol–water partition coefficient (Wildman–Crippen LogP) is 1.54. The summed E-state index contributed by atoms with van der Waals surface area (Å²) in [4.78, 5) is 14.0. The smallest absolute Gasteiger partial charge is 0.361 e. The van der Waals surface area contributed by atoms with E-state index in [-0.39, 0.29) is 11.2 Å².